The number of aromatic nitrogens is 3. The van der Waals surface area contributed by atoms with Crippen LogP contribution in [0.25, 0.3) is 5.65 Å². The number of carboxylic acids is 1. The summed E-state index contributed by atoms with van der Waals surface area (Å²) in [6.07, 6.45) is 1.67. The molecule has 1 aliphatic heterocycles. The number of carboxylic acid groups (broad SMARTS) is 1. The fraction of sp³-hybridized carbons (Fsp3) is 0.222. The Morgan fingerprint density at radius 3 is 2.47 bits per heavy atom. The van der Waals surface area contributed by atoms with Gasteiger partial charge in [0, 0.05) is 30.5 Å². The molecule has 5 rings (SSSR count). The number of rotatable bonds is 5. The van der Waals surface area contributed by atoms with Gasteiger partial charge in [-0.1, -0.05) is 24.3 Å². The SMILES string of the molecule is Cc1cc(C(C)Nc2ccc(C)nc2C(=O)O)c2nc(N3Cc4ccccc4C3)c(C#N)c(=O)n2c1. The molecule has 4 heterocycles. The first-order chi connectivity index (χ1) is 17.3. The summed E-state index contributed by atoms with van der Waals surface area (Å²) in [5.41, 5.74) is 4.63. The standard InChI is InChI=1S/C27H24N6O3/c1-15-10-20(17(3)30-22-9-8-16(2)29-23(22)27(35)36)25-31-24(21(11-28)26(34)33(25)12-15)32-13-18-6-4-5-7-19(18)14-32/h4-10,12,17,30H,13-14H2,1-3H3,(H,35,36). The fourth-order valence-electron chi connectivity index (χ4n) is 4.67. The lowest BCUT2D eigenvalue weighted by molar-refractivity contribution is 0.0691. The zero-order chi connectivity index (χ0) is 25.6. The van der Waals surface area contributed by atoms with E-state index < -0.39 is 17.6 Å². The van der Waals surface area contributed by atoms with Crippen LogP contribution in [0.3, 0.4) is 0 Å². The molecule has 180 valence electrons. The Kier molecular flexibility index (Phi) is 5.65. The predicted molar refractivity (Wildman–Crippen MR) is 135 cm³/mol. The second-order valence-electron chi connectivity index (χ2n) is 9.04. The number of nitrogens with zero attached hydrogens (tertiary/aromatic N) is 5. The van der Waals surface area contributed by atoms with Gasteiger partial charge < -0.3 is 15.3 Å². The maximum absolute atomic E-state index is 13.4. The third kappa shape index (κ3) is 3.92. The van der Waals surface area contributed by atoms with E-state index in [-0.39, 0.29) is 11.3 Å². The molecular weight excluding hydrogens is 456 g/mol. The quantitative estimate of drug-likeness (QED) is 0.440. The largest absolute Gasteiger partial charge is 0.476 e. The summed E-state index contributed by atoms with van der Waals surface area (Å²) in [4.78, 5) is 36.1. The highest BCUT2D eigenvalue weighted by molar-refractivity contribution is 5.92. The van der Waals surface area contributed by atoms with E-state index in [2.05, 4.69) is 16.4 Å². The Morgan fingerprint density at radius 1 is 1.14 bits per heavy atom. The van der Waals surface area contributed by atoms with Crippen LogP contribution in [0, 0.1) is 25.2 Å². The van der Waals surface area contributed by atoms with Gasteiger partial charge in [0.25, 0.3) is 5.56 Å². The molecule has 0 aliphatic carbocycles. The summed E-state index contributed by atoms with van der Waals surface area (Å²) >= 11 is 0. The van der Waals surface area contributed by atoms with Crippen molar-refractivity contribution in [2.45, 2.75) is 39.9 Å². The molecule has 1 atom stereocenters. The lowest BCUT2D eigenvalue weighted by Crippen LogP contribution is -2.27. The average Bonchev–Trinajstić information content (AvgIpc) is 3.29. The summed E-state index contributed by atoms with van der Waals surface area (Å²) in [6.45, 7) is 6.57. The first-order valence-electron chi connectivity index (χ1n) is 11.5. The molecule has 0 spiro atoms. The highest BCUT2D eigenvalue weighted by atomic mass is 16.4. The Labute approximate surface area is 207 Å². The number of pyridine rings is 2. The molecule has 1 unspecified atom stereocenters. The molecule has 36 heavy (non-hydrogen) atoms. The van der Waals surface area contributed by atoms with Crippen molar-refractivity contribution >= 4 is 23.1 Å². The van der Waals surface area contributed by atoms with Crippen LogP contribution in [0.4, 0.5) is 11.5 Å². The minimum Gasteiger partial charge on any atom is -0.476 e. The normalized spacial score (nSPS) is 13.3. The third-order valence-electron chi connectivity index (χ3n) is 6.40. The first-order valence-corrected chi connectivity index (χ1v) is 11.5. The lowest BCUT2D eigenvalue weighted by atomic mass is 10.1. The van der Waals surface area contributed by atoms with Crippen molar-refractivity contribution < 1.29 is 9.90 Å². The van der Waals surface area contributed by atoms with Gasteiger partial charge in [0.15, 0.2) is 17.1 Å². The van der Waals surface area contributed by atoms with Gasteiger partial charge in [-0.15, -0.1) is 0 Å². The number of nitriles is 1. The summed E-state index contributed by atoms with van der Waals surface area (Å²) in [5, 5.41) is 22.7. The van der Waals surface area contributed by atoms with E-state index in [0.29, 0.717) is 41.5 Å². The van der Waals surface area contributed by atoms with Crippen LogP contribution in [0.5, 0.6) is 0 Å². The van der Waals surface area contributed by atoms with Crippen molar-refractivity contribution in [3.05, 3.63) is 98.2 Å². The van der Waals surface area contributed by atoms with Gasteiger partial charge >= 0.3 is 5.97 Å². The Hall–Kier alpha value is -4.71. The predicted octanol–water partition coefficient (Wildman–Crippen LogP) is 3.97. The summed E-state index contributed by atoms with van der Waals surface area (Å²) in [6, 6.07) is 15.0. The highest BCUT2D eigenvalue weighted by Crippen LogP contribution is 2.30. The number of aromatic carboxylic acids is 1. The van der Waals surface area contributed by atoms with E-state index in [4.69, 9.17) is 4.98 Å². The molecule has 0 fully saturated rings. The van der Waals surface area contributed by atoms with Crippen molar-refractivity contribution in [2.75, 3.05) is 10.2 Å². The van der Waals surface area contributed by atoms with Crippen LogP contribution in [0.15, 0.2) is 53.5 Å². The van der Waals surface area contributed by atoms with Crippen LogP contribution < -0.4 is 15.8 Å². The molecule has 9 nitrogen and oxygen atoms in total. The third-order valence-corrected chi connectivity index (χ3v) is 6.40. The number of carbonyl (C=O) groups is 1. The number of fused-ring (bicyclic) bond motifs is 2. The fourth-order valence-corrected chi connectivity index (χ4v) is 4.67. The molecular formula is C27H24N6O3. The van der Waals surface area contributed by atoms with Crippen LogP contribution in [0.1, 0.15) is 57.0 Å². The highest BCUT2D eigenvalue weighted by Gasteiger charge is 2.26. The lowest BCUT2D eigenvalue weighted by Gasteiger charge is -2.22. The van der Waals surface area contributed by atoms with Crippen LogP contribution in [-0.2, 0) is 13.1 Å². The molecule has 3 aromatic heterocycles. The van der Waals surface area contributed by atoms with E-state index in [1.165, 1.54) is 4.40 Å². The van der Waals surface area contributed by atoms with Gasteiger partial charge in [-0.2, -0.15) is 5.26 Å². The second-order valence-corrected chi connectivity index (χ2v) is 9.04. The van der Waals surface area contributed by atoms with Crippen LogP contribution in [0.2, 0.25) is 0 Å². The minimum atomic E-state index is -1.13. The molecule has 1 aromatic carbocycles. The zero-order valence-corrected chi connectivity index (χ0v) is 20.1. The van der Waals surface area contributed by atoms with Gasteiger partial charge in [-0.05, 0) is 55.7 Å². The van der Waals surface area contributed by atoms with Gasteiger partial charge in [0.05, 0.1) is 11.7 Å². The number of hydrogen-bond donors (Lipinski definition) is 2. The number of benzene rings is 1. The van der Waals surface area contributed by atoms with Gasteiger partial charge in [0.2, 0.25) is 0 Å². The molecule has 0 radical (unpaired) electrons. The van der Waals surface area contributed by atoms with E-state index >= 15 is 0 Å². The molecule has 0 bridgehead atoms. The molecule has 2 N–H and O–H groups in total. The average molecular weight is 481 g/mol. The summed E-state index contributed by atoms with van der Waals surface area (Å²) in [5.74, 6) is -0.786. The number of aryl methyl sites for hydroxylation is 2. The summed E-state index contributed by atoms with van der Waals surface area (Å²) < 4.78 is 1.40. The number of anilines is 2. The molecule has 0 saturated carbocycles. The second kappa shape index (κ2) is 8.82. The van der Waals surface area contributed by atoms with E-state index in [9.17, 15) is 20.0 Å². The Balaban J connectivity index is 1.63. The number of nitrogens with one attached hydrogen (secondary N) is 1. The van der Waals surface area contributed by atoms with Gasteiger partial charge in [0.1, 0.15) is 11.7 Å². The molecule has 0 amide bonds. The molecule has 4 aromatic rings. The molecule has 9 heteroatoms. The molecule has 1 aliphatic rings. The van der Waals surface area contributed by atoms with Gasteiger partial charge in [-0.3, -0.25) is 9.20 Å². The van der Waals surface area contributed by atoms with E-state index in [0.717, 1.165) is 16.7 Å². The minimum absolute atomic E-state index is 0.00614. The Morgan fingerprint density at radius 2 is 1.83 bits per heavy atom. The van der Waals surface area contributed by atoms with Gasteiger partial charge in [-0.25, -0.2) is 14.8 Å². The smallest absolute Gasteiger partial charge is 0.356 e. The maximum Gasteiger partial charge on any atom is 0.356 e. The zero-order valence-electron chi connectivity index (χ0n) is 20.1. The first kappa shape index (κ1) is 23.1. The Bertz CT molecular complexity index is 1610. The van der Waals surface area contributed by atoms with Crippen molar-refractivity contribution in [3.63, 3.8) is 0 Å². The van der Waals surface area contributed by atoms with Crippen LogP contribution >= 0.6 is 0 Å². The van der Waals surface area contributed by atoms with Crippen molar-refractivity contribution in [2.24, 2.45) is 0 Å². The van der Waals surface area contributed by atoms with E-state index in [1.807, 2.05) is 49.1 Å². The monoisotopic (exact) mass is 480 g/mol. The summed E-state index contributed by atoms with van der Waals surface area (Å²) in [7, 11) is 0. The topological polar surface area (TPSA) is 124 Å². The van der Waals surface area contributed by atoms with E-state index in [1.54, 1.807) is 25.3 Å². The molecule has 0 saturated heterocycles. The van der Waals surface area contributed by atoms with Crippen molar-refractivity contribution in [1.29, 1.82) is 5.26 Å². The maximum atomic E-state index is 13.4. The van der Waals surface area contributed by atoms with Crippen molar-refractivity contribution in [3.8, 4) is 6.07 Å². The number of hydrogen-bond acceptors (Lipinski definition) is 7. The van der Waals surface area contributed by atoms with Crippen LogP contribution in [-0.4, -0.2) is 25.4 Å². The van der Waals surface area contributed by atoms with Crippen molar-refractivity contribution in [1.82, 2.24) is 14.4 Å².